The molecule has 0 aliphatic heterocycles. The monoisotopic (exact) mass is 633 g/mol. The minimum atomic E-state index is 0.165. The summed E-state index contributed by atoms with van der Waals surface area (Å²) in [4.78, 5) is 18.1. The van der Waals surface area contributed by atoms with Crippen molar-refractivity contribution in [2.24, 2.45) is 4.99 Å². The van der Waals surface area contributed by atoms with E-state index in [-0.39, 0.29) is 5.84 Å². The van der Waals surface area contributed by atoms with Crippen LogP contribution in [0.15, 0.2) is 157 Å². The standard InChI is InChI=1S/C42H27N5S/c43-40(47-41-38(29-9-3-1-4-10-29)44-34-13-7-8-14-35(34)45-41)30-20-15-26(16-21-30)32-22-18-27-17-19-28-23-24-36-39(37(28)33(27)25-32)48-42(46-36)31-11-5-2-6-12-31/h1-25H,(H2,43,45,47). The lowest BCUT2D eigenvalue weighted by molar-refractivity contribution is 1.15. The van der Waals surface area contributed by atoms with Gasteiger partial charge in [-0.15, -0.1) is 11.3 Å². The van der Waals surface area contributed by atoms with E-state index in [1.807, 2.05) is 72.8 Å². The second-order valence-electron chi connectivity index (χ2n) is 11.8. The molecule has 0 saturated heterocycles. The van der Waals surface area contributed by atoms with E-state index in [1.54, 1.807) is 11.3 Å². The van der Waals surface area contributed by atoms with Crippen molar-refractivity contribution in [2.45, 2.75) is 0 Å². The minimum absolute atomic E-state index is 0.165. The van der Waals surface area contributed by atoms with E-state index in [4.69, 9.17) is 20.4 Å². The molecule has 2 aromatic heterocycles. The van der Waals surface area contributed by atoms with E-state index in [0.717, 1.165) is 49.4 Å². The summed E-state index contributed by atoms with van der Waals surface area (Å²) >= 11 is 1.75. The molecule has 48 heavy (non-hydrogen) atoms. The Balaban J connectivity index is 1.10. The zero-order valence-corrected chi connectivity index (χ0v) is 26.5. The fourth-order valence-corrected chi connectivity index (χ4v) is 7.46. The zero-order valence-electron chi connectivity index (χ0n) is 25.7. The molecule has 0 unspecified atom stereocenters. The molecule has 0 fully saturated rings. The van der Waals surface area contributed by atoms with Crippen molar-refractivity contribution < 1.29 is 0 Å². The molecule has 0 amide bonds. The Bertz CT molecular complexity index is 2730. The van der Waals surface area contributed by atoms with E-state index in [9.17, 15) is 0 Å². The van der Waals surface area contributed by atoms with Crippen LogP contribution >= 0.6 is 11.3 Å². The Hall–Kier alpha value is -6.24. The van der Waals surface area contributed by atoms with Gasteiger partial charge < -0.3 is 4.98 Å². The van der Waals surface area contributed by atoms with E-state index >= 15 is 0 Å². The average molecular weight is 634 g/mol. The summed E-state index contributed by atoms with van der Waals surface area (Å²) in [5.41, 5.74) is 9.01. The Labute approximate surface area is 280 Å². The van der Waals surface area contributed by atoms with Gasteiger partial charge in [-0.3, -0.25) is 5.41 Å². The molecule has 7 aromatic carbocycles. The third kappa shape index (κ3) is 4.96. The lowest BCUT2D eigenvalue weighted by Gasteiger charge is -2.09. The highest BCUT2D eigenvalue weighted by Gasteiger charge is 2.13. The largest absolute Gasteiger partial charge is 0.337 e. The highest BCUT2D eigenvalue weighted by molar-refractivity contribution is 7.22. The quantitative estimate of drug-likeness (QED) is 0.115. The molecule has 9 rings (SSSR count). The molecular formula is C42H27N5S. The molecule has 6 heteroatoms. The maximum atomic E-state index is 8.93. The summed E-state index contributed by atoms with van der Waals surface area (Å²) in [6, 6.07) is 51.7. The molecule has 0 aliphatic rings. The first-order chi connectivity index (χ1) is 23.7. The number of nitrogens with one attached hydrogen (secondary N) is 2. The van der Waals surface area contributed by atoms with Gasteiger partial charge >= 0.3 is 0 Å². The zero-order chi connectivity index (χ0) is 32.0. The maximum absolute atomic E-state index is 8.93. The van der Waals surface area contributed by atoms with Crippen LogP contribution in [0.2, 0.25) is 0 Å². The van der Waals surface area contributed by atoms with Gasteiger partial charge in [-0.25, -0.2) is 15.0 Å². The summed E-state index contributed by atoms with van der Waals surface area (Å²) in [5, 5.41) is 14.8. The van der Waals surface area contributed by atoms with E-state index in [0.29, 0.717) is 11.2 Å². The van der Waals surface area contributed by atoms with Gasteiger partial charge in [0, 0.05) is 22.1 Å². The van der Waals surface area contributed by atoms with Crippen LogP contribution in [-0.4, -0.2) is 20.8 Å². The summed E-state index contributed by atoms with van der Waals surface area (Å²) < 4.78 is 1.20. The maximum Gasteiger partial charge on any atom is 0.159 e. The Morgan fingerprint density at radius 1 is 0.583 bits per heavy atom. The first-order valence-corrected chi connectivity index (χ1v) is 16.6. The van der Waals surface area contributed by atoms with Crippen LogP contribution in [0.5, 0.6) is 0 Å². The predicted octanol–water partition coefficient (Wildman–Crippen LogP) is 10.4. The number of fused-ring (bicyclic) bond motifs is 6. The van der Waals surface area contributed by atoms with Crippen molar-refractivity contribution in [3.05, 3.63) is 163 Å². The number of hydrogen-bond donors (Lipinski definition) is 2. The SMILES string of the molecule is N=C(N=c1[nH]c2ccccc2nc1-c1ccccc1)c1ccc(-c2ccc3ccc4ccc5nc(-c6ccccc6)sc5c4c3c2)cc1. The third-order valence-electron chi connectivity index (χ3n) is 8.75. The fourth-order valence-electron chi connectivity index (χ4n) is 6.32. The van der Waals surface area contributed by atoms with Gasteiger partial charge in [0.15, 0.2) is 11.3 Å². The lowest BCUT2D eigenvalue weighted by Crippen LogP contribution is -2.16. The highest BCUT2D eigenvalue weighted by Crippen LogP contribution is 2.39. The average Bonchev–Trinajstić information content (AvgIpc) is 3.60. The van der Waals surface area contributed by atoms with Crippen LogP contribution in [-0.2, 0) is 0 Å². The van der Waals surface area contributed by atoms with Gasteiger partial charge in [-0.2, -0.15) is 0 Å². The number of thiazole rings is 1. The molecule has 2 heterocycles. The van der Waals surface area contributed by atoms with E-state index < -0.39 is 0 Å². The summed E-state index contributed by atoms with van der Waals surface area (Å²) in [6.45, 7) is 0. The Kier molecular flexibility index (Phi) is 6.73. The molecule has 0 saturated carbocycles. The van der Waals surface area contributed by atoms with Crippen molar-refractivity contribution in [1.82, 2.24) is 15.0 Å². The second kappa shape index (κ2) is 11.5. The van der Waals surface area contributed by atoms with Crippen molar-refractivity contribution in [3.63, 3.8) is 0 Å². The molecule has 0 radical (unpaired) electrons. The van der Waals surface area contributed by atoms with Gasteiger partial charge in [0.2, 0.25) is 0 Å². The number of H-pyrrole nitrogens is 1. The molecule has 0 spiro atoms. The summed E-state index contributed by atoms with van der Waals surface area (Å²) in [6.07, 6.45) is 0. The first-order valence-electron chi connectivity index (χ1n) is 15.8. The summed E-state index contributed by atoms with van der Waals surface area (Å²) in [5.74, 6) is 0.165. The molecule has 0 atom stereocenters. The van der Waals surface area contributed by atoms with Gasteiger partial charge in [0.25, 0.3) is 0 Å². The number of nitrogens with zero attached hydrogens (tertiary/aromatic N) is 3. The van der Waals surface area contributed by atoms with Crippen molar-refractivity contribution in [1.29, 1.82) is 5.41 Å². The van der Waals surface area contributed by atoms with Crippen molar-refractivity contribution in [3.8, 4) is 33.0 Å². The van der Waals surface area contributed by atoms with Crippen molar-refractivity contribution in [2.75, 3.05) is 0 Å². The van der Waals surface area contributed by atoms with Gasteiger partial charge in [-0.1, -0.05) is 127 Å². The number of benzene rings is 7. The molecule has 9 aromatic rings. The topological polar surface area (TPSA) is 77.8 Å². The van der Waals surface area contributed by atoms with Crippen LogP contribution in [0.4, 0.5) is 0 Å². The number of rotatable bonds is 4. The van der Waals surface area contributed by atoms with Gasteiger partial charge in [0.1, 0.15) is 10.7 Å². The Morgan fingerprint density at radius 3 is 2.06 bits per heavy atom. The van der Waals surface area contributed by atoms with Crippen LogP contribution in [0.3, 0.4) is 0 Å². The van der Waals surface area contributed by atoms with E-state index in [1.165, 1.54) is 26.2 Å². The number of amidine groups is 1. The highest BCUT2D eigenvalue weighted by atomic mass is 32.1. The van der Waals surface area contributed by atoms with Crippen LogP contribution in [0, 0.1) is 5.41 Å². The molecule has 2 N–H and O–H groups in total. The van der Waals surface area contributed by atoms with Crippen molar-refractivity contribution >= 4 is 60.0 Å². The lowest BCUT2D eigenvalue weighted by atomic mass is 9.96. The molecule has 5 nitrogen and oxygen atoms in total. The van der Waals surface area contributed by atoms with Crippen LogP contribution < -0.4 is 5.49 Å². The molecular weight excluding hydrogens is 607 g/mol. The fraction of sp³-hybridized carbons (Fsp3) is 0. The second-order valence-corrected chi connectivity index (χ2v) is 12.8. The molecule has 0 aliphatic carbocycles. The molecule has 0 bridgehead atoms. The van der Waals surface area contributed by atoms with E-state index in [2.05, 4.69) is 83.8 Å². The molecule has 226 valence electrons. The van der Waals surface area contributed by atoms with Crippen LogP contribution in [0.25, 0.3) is 75.8 Å². The van der Waals surface area contributed by atoms with Gasteiger partial charge in [0.05, 0.1) is 21.3 Å². The smallest absolute Gasteiger partial charge is 0.159 e. The number of para-hydroxylation sites is 2. The van der Waals surface area contributed by atoms with Crippen LogP contribution in [0.1, 0.15) is 5.56 Å². The Morgan fingerprint density at radius 2 is 1.25 bits per heavy atom. The third-order valence-corrected chi connectivity index (χ3v) is 9.89. The summed E-state index contributed by atoms with van der Waals surface area (Å²) in [7, 11) is 0. The number of hydrogen-bond acceptors (Lipinski definition) is 4. The van der Waals surface area contributed by atoms with Gasteiger partial charge in [-0.05, 0) is 51.6 Å². The number of aromatic amines is 1. The minimum Gasteiger partial charge on any atom is -0.337 e. The predicted molar refractivity (Wildman–Crippen MR) is 199 cm³/mol. The normalized spacial score (nSPS) is 12.0. The number of aromatic nitrogens is 3. The first kappa shape index (κ1) is 28.0.